The molecule has 1 heterocycles. The normalized spacial score (nSPS) is 10.3. The van der Waals surface area contributed by atoms with Crippen molar-refractivity contribution in [1.82, 2.24) is 4.98 Å². The van der Waals surface area contributed by atoms with Gasteiger partial charge in [0.2, 0.25) is 5.88 Å². The average molecular weight is 254 g/mol. The molecule has 0 fully saturated rings. The quantitative estimate of drug-likeness (QED) is 0.914. The molecule has 0 aliphatic heterocycles. The number of rotatable bonds is 3. The molecule has 2 rings (SSSR count). The summed E-state index contributed by atoms with van der Waals surface area (Å²) in [7, 11) is 0. The molecule has 1 N–H and O–H groups in total. The molecular weight excluding hydrogens is 245 g/mol. The van der Waals surface area contributed by atoms with E-state index in [1.165, 1.54) is 24.4 Å². The van der Waals surface area contributed by atoms with Crippen LogP contribution in [0.2, 0.25) is 5.02 Å². The Morgan fingerprint density at radius 1 is 1.35 bits per heavy atom. The highest BCUT2D eigenvalue weighted by molar-refractivity contribution is 6.30. The first kappa shape index (κ1) is 11.8. The Bertz CT molecular complexity index is 534. The summed E-state index contributed by atoms with van der Waals surface area (Å²) in [6, 6.07) is 7.63. The van der Waals surface area contributed by atoms with Gasteiger partial charge in [0.25, 0.3) is 0 Å². The second-order valence-corrected chi connectivity index (χ2v) is 3.72. The van der Waals surface area contributed by atoms with Gasteiger partial charge in [0.05, 0.1) is 11.6 Å². The highest BCUT2D eigenvalue weighted by Gasteiger charge is 2.09. The van der Waals surface area contributed by atoms with Gasteiger partial charge in [0.1, 0.15) is 0 Å². The van der Waals surface area contributed by atoms with Gasteiger partial charge in [-0.2, -0.15) is 0 Å². The van der Waals surface area contributed by atoms with E-state index in [0.717, 1.165) is 0 Å². The maximum absolute atomic E-state index is 13.5. The van der Waals surface area contributed by atoms with Gasteiger partial charge in [0.15, 0.2) is 11.6 Å². The van der Waals surface area contributed by atoms with Crippen molar-refractivity contribution in [2.45, 2.75) is 6.61 Å². The van der Waals surface area contributed by atoms with Crippen LogP contribution in [0, 0.1) is 5.82 Å². The van der Waals surface area contributed by atoms with Crippen molar-refractivity contribution in [3.63, 3.8) is 0 Å². The van der Waals surface area contributed by atoms with E-state index in [2.05, 4.69) is 4.98 Å². The van der Waals surface area contributed by atoms with E-state index in [4.69, 9.17) is 21.4 Å². The van der Waals surface area contributed by atoms with Crippen LogP contribution in [-0.2, 0) is 6.61 Å². The van der Waals surface area contributed by atoms with Crippen LogP contribution in [0.4, 0.5) is 4.39 Å². The number of benzene rings is 1. The molecule has 0 bridgehead atoms. The van der Waals surface area contributed by atoms with Crippen LogP contribution in [0.5, 0.6) is 11.6 Å². The number of ether oxygens (including phenoxy) is 1. The molecule has 1 aromatic carbocycles. The Balaban J connectivity index is 2.28. The fourth-order valence-corrected chi connectivity index (χ4v) is 1.45. The molecule has 1 aromatic heterocycles. The topological polar surface area (TPSA) is 42.4 Å². The number of pyridine rings is 1. The molecule has 0 amide bonds. The minimum Gasteiger partial charge on any atom is -0.436 e. The molecule has 0 unspecified atom stereocenters. The molecule has 0 saturated carbocycles. The molecule has 3 nitrogen and oxygen atoms in total. The van der Waals surface area contributed by atoms with E-state index in [1.807, 2.05) is 0 Å². The molecule has 0 aliphatic rings. The largest absolute Gasteiger partial charge is 0.436 e. The number of aliphatic hydroxyl groups excluding tert-OH is 1. The number of nitrogens with zero attached hydrogens (tertiary/aromatic N) is 1. The molecule has 5 heteroatoms. The van der Waals surface area contributed by atoms with Crippen LogP contribution in [0.15, 0.2) is 36.5 Å². The average Bonchev–Trinajstić information content (AvgIpc) is 2.35. The predicted octanol–water partition coefficient (Wildman–Crippen LogP) is 3.16. The Morgan fingerprint density at radius 3 is 2.94 bits per heavy atom. The van der Waals surface area contributed by atoms with Crippen molar-refractivity contribution in [2.75, 3.05) is 0 Å². The van der Waals surface area contributed by atoms with Crippen LogP contribution >= 0.6 is 11.6 Å². The summed E-state index contributed by atoms with van der Waals surface area (Å²) < 4.78 is 18.8. The summed E-state index contributed by atoms with van der Waals surface area (Å²) in [5.74, 6) is -0.428. The maximum atomic E-state index is 13.5. The van der Waals surface area contributed by atoms with Gasteiger partial charge in [0, 0.05) is 12.3 Å². The van der Waals surface area contributed by atoms with Gasteiger partial charge in [-0.05, 0) is 23.8 Å². The zero-order chi connectivity index (χ0) is 12.3. The van der Waals surface area contributed by atoms with Crippen molar-refractivity contribution in [1.29, 1.82) is 0 Å². The van der Waals surface area contributed by atoms with Crippen molar-refractivity contribution < 1.29 is 14.2 Å². The second kappa shape index (κ2) is 5.12. The molecule has 0 spiro atoms. The lowest BCUT2D eigenvalue weighted by Crippen LogP contribution is -1.93. The van der Waals surface area contributed by atoms with Gasteiger partial charge in [-0.15, -0.1) is 0 Å². The van der Waals surface area contributed by atoms with Crippen LogP contribution in [-0.4, -0.2) is 10.1 Å². The Kier molecular flexibility index (Phi) is 3.56. The van der Waals surface area contributed by atoms with Crippen molar-refractivity contribution >= 4 is 11.6 Å². The number of halogens is 2. The zero-order valence-electron chi connectivity index (χ0n) is 8.73. The summed E-state index contributed by atoms with van der Waals surface area (Å²) in [6.07, 6.45) is 1.48. The first-order chi connectivity index (χ1) is 8.20. The van der Waals surface area contributed by atoms with Gasteiger partial charge in [-0.3, -0.25) is 0 Å². The van der Waals surface area contributed by atoms with E-state index in [1.54, 1.807) is 12.1 Å². The van der Waals surface area contributed by atoms with Crippen LogP contribution in [0.25, 0.3) is 0 Å². The van der Waals surface area contributed by atoms with E-state index >= 15 is 0 Å². The Hall–Kier alpha value is -1.65. The fourth-order valence-electron chi connectivity index (χ4n) is 1.28. The standard InChI is InChI=1S/C12H9ClFNO2/c13-9-2-1-3-10(12(9)14)17-11-6-8(7-16)4-5-15-11/h1-6,16H,7H2. The fraction of sp³-hybridized carbons (Fsp3) is 0.0833. The third-order valence-electron chi connectivity index (χ3n) is 2.11. The summed E-state index contributed by atoms with van der Waals surface area (Å²) in [4.78, 5) is 3.91. The Morgan fingerprint density at radius 2 is 2.18 bits per heavy atom. The van der Waals surface area contributed by atoms with E-state index in [-0.39, 0.29) is 23.3 Å². The highest BCUT2D eigenvalue weighted by atomic mass is 35.5. The third kappa shape index (κ3) is 2.72. The van der Waals surface area contributed by atoms with Crippen molar-refractivity contribution in [3.05, 3.63) is 52.9 Å². The molecule has 0 atom stereocenters. The molecule has 2 aromatic rings. The van der Waals surface area contributed by atoms with Crippen LogP contribution < -0.4 is 4.74 Å². The molecule has 0 radical (unpaired) electrons. The number of hydrogen-bond donors (Lipinski definition) is 1. The monoisotopic (exact) mass is 253 g/mol. The van der Waals surface area contributed by atoms with E-state index < -0.39 is 5.82 Å². The number of hydrogen-bond acceptors (Lipinski definition) is 3. The molecule has 0 aliphatic carbocycles. The lowest BCUT2D eigenvalue weighted by Gasteiger charge is -2.07. The maximum Gasteiger partial charge on any atom is 0.219 e. The Labute approximate surface area is 102 Å². The lowest BCUT2D eigenvalue weighted by atomic mass is 10.3. The first-order valence-corrected chi connectivity index (χ1v) is 5.26. The SMILES string of the molecule is OCc1ccnc(Oc2cccc(Cl)c2F)c1. The third-order valence-corrected chi connectivity index (χ3v) is 2.40. The minimum atomic E-state index is -0.634. The summed E-state index contributed by atoms with van der Waals surface area (Å²) >= 11 is 5.62. The van der Waals surface area contributed by atoms with Gasteiger partial charge in [-0.25, -0.2) is 9.37 Å². The summed E-state index contributed by atoms with van der Waals surface area (Å²) in [5, 5.41) is 8.94. The van der Waals surface area contributed by atoms with Crippen LogP contribution in [0.1, 0.15) is 5.56 Å². The summed E-state index contributed by atoms with van der Waals surface area (Å²) in [5.41, 5.74) is 0.637. The molecule has 17 heavy (non-hydrogen) atoms. The smallest absolute Gasteiger partial charge is 0.219 e. The zero-order valence-corrected chi connectivity index (χ0v) is 9.49. The minimum absolute atomic E-state index is 0.0000831. The van der Waals surface area contributed by atoms with Gasteiger partial charge < -0.3 is 9.84 Å². The van der Waals surface area contributed by atoms with Gasteiger partial charge >= 0.3 is 0 Å². The van der Waals surface area contributed by atoms with Crippen molar-refractivity contribution in [2.24, 2.45) is 0 Å². The summed E-state index contributed by atoms with van der Waals surface area (Å²) in [6.45, 7) is -0.128. The molecule has 0 saturated heterocycles. The lowest BCUT2D eigenvalue weighted by molar-refractivity contribution is 0.281. The van der Waals surface area contributed by atoms with Gasteiger partial charge in [-0.1, -0.05) is 17.7 Å². The van der Waals surface area contributed by atoms with E-state index in [9.17, 15) is 4.39 Å². The molecule has 88 valence electrons. The predicted molar refractivity (Wildman–Crippen MR) is 61.6 cm³/mol. The van der Waals surface area contributed by atoms with Crippen LogP contribution in [0.3, 0.4) is 0 Å². The molecular formula is C12H9ClFNO2. The number of aromatic nitrogens is 1. The highest BCUT2D eigenvalue weighted by Crippen LogP contribution is 2.27. The van der Waals surface area contributed by atoms with E-state index in [0.29, 0.717) is 5.56 Å². The number of aliphatic hydroxyl groups is 1. The van der Waals surface area contributed by atoms with Crippen molar-refractivity contribution in [3.8, 4) is 11.6 Å². The second-order valence-electron chi connectivity index (χ2n) is 3.31. The first-order valence-electron chi connectivity index (χ1n) is 4.88.